The van der Waals surface area contributed by atoms with Gasteiger partial charge in [0.15, 0.2) is 6.61 Å². The molecular formula is C18H28N2O4S. The van der Waals surface area contributed by atoms with Gasteiger partial charge in [0.05, 0.1) is 4.90 Å². The molecule has 7 heteroatoms. The highest BCUT2D eigenvalue weighted by Gasteiger charge is 2.25. The van der Waals surface area contributed by atoms with Gasteiger partial charge in [-0.05, 0) is 50.5 Å². The largest absolute Gasteiger partial charge is 0.484 e. The number of nitrogens with one attached hydrogen (secondary N) is 1. The van der Waals surface area contributed by atoms with Crippen molar-refractivity contribution in [2.24, 2.45) is 0 Å². The fraction of sp³-hybridized carbons (Fsp3) is 0.611. The summed E-state index contributed by atoms with van der Waals surface area (Å²) in [7, 11) is -3.43. The van der Waals surface area contributed by atoms with E-state index in [1.165, 1.54) is 16.4 Å². The van der Waals surface area contributed by atoms with Crippen LogP contribution in [0.2, 0.25) is 0 Å². The van der Waals surface area contributed by atoms with Crippen LogP contribution in [0.5, 0.6) is 5.75 Å². The van der Waals surface area contributed by atoms with Gasteiger partial charge in [-0.15, -0.1) is 0 Å². The van der Waals surface area contributed by atoms with E-state index in [1.807, 2.05) is 6.92 Å². The monoisotopic (exact) mass is 368 g/mol. The molecule has 2 rings (SSSR count). The second-order valence-electron chi connectivity index (χ2n) is 6.48. The molecule has 0 aliphatic carbocycles. The number of carbonyl (C=O) groups excluding carboxylic acids is 1. The van der Waals surface area contributed by atoms with Crippen LogP contribution in [0.4, 0.5) is 0 Å². The Balaban J connectivity index is 1.90. The van der Waals surface area contributed by atoms with Crippen molar-refractivity contribution in [3.63, 3.8) is 0 Å². The van der Waals surface area contributed by atoms with Gasteiger partial charge >= 0.3 is 0 Å². The van der Waals surface area contributed by atoms with Gasteiger partial charge in [0.2, 0.25) is 10.0 Å². The van der Waals surface area contributed by atoms with E-state index in [4.69, 9.17) is 4.74 Å². The number of carbonyl (C=O) groups is 1. The van der Waals surface area contributed by atoms with Crippen molar-refractivity contribution in [1.82, 2.24) is 9.62 Å². The third kappa shape index (κ3) is 5.71. The number of benzene rings is 1. The molecule has 1 amide bonds. The molecule has 1 N–H and O–H groups in total. The number of rotatable bonds is 8. The molecule has 0 saturated carbocycles. The Morgan fingerprint density at radius 1 is 1.20 bits per heavy atom. The molecule has 0 bridgehead atoms. The molecule has 1 aromatic carbocycles. The SMILES string of the molecule is CCC[C@@H](C)NC(=O)COc1ccc(S(=O)(=O)N2CCCCC2)cc1. The second-order valence-corrected chi connectivity index (χ2v) is 8.42. The van der Waals surface area contributed by atoms with Gasteiger partial charge < -0.3 is 10.1 Å². The normalized spacial score (nSPS) is 17.0. The maximum Gasteiger partial charge on any atom is 0.258 e. The number of ether oxygens (including phenoxy) is 1. The summed E-state index contributed by atoms with van der Waals surface area (Å²) in [5.41, 5.74) is 0. The summed E-state index contributed by atoms with van der Waals surface area (Å²) in [4.78, 5) is 12.1. The first-order valence-electron chi connectivity index (χ1n) is 8.96. The van der Waals surface area contributed by atoms with Crippen molar-refractivity contribution in [2.45, 2.75) is 56.9 Å². The molecule has 1 atom stereocenters. The van der Waals surface area contributed by atoms with Crippen molar-refractivity contribution in [3.8, 4) is 5.75 Å². The minimum Gasteiger partial charge on any atom is -0.484 e. The fourth-order valence-electron chi connectivity index (χ4n) is 2.93. The number of hydrogen-bond donors (Lipinski definition) is 1. The summed E-state index contributed by atoms with van der Waals surface area (Å²) in [6.45, 7) is 5.11. The molecule has 6 nitrogen and oxygen atoms in total. The number of sulfonamides is 1. The summed E-state index contributed by atoms with van der Waals surface area (Å²) in [6, 6.07) is 6.39. The molecule has 140 valence electrons. The Kier molecular flexibility index (Phi) is 7.25. The molecule has 0 spiro atoms. The average molecular weight is 368 g/mol. The summed E-state index contributed by atoms with van der Waals surface area (Å²) in [5.74, 6) is 0.307. The third-order valence-corrected chi connectivity index (χ3v) is 6.19. The third-order valence-electron chi connectivity index (χ3n) is 4.28. The van der Waals surface area contributed by atoms with Gasteiger partial charge in [-0.25, -0.2) is 8.42 Å². The zero-order valence-corrected chi connectivity index (χ0v) is 15.8. The van der Waals surface area contributed by atoms with Crippen LogP contribution in [0, 0.1) is 0 Å². The van der Waals surface area contributed by atoms with Gasteiger partial charge in [-0.3, -0.25) is 4.79 Å². The summed E-state index contributed by atoms with van der Waals surface area (Å²) < 4.78 is 32.1. The number of nitrogens with zero attached hydrogens (tertiary/aromatic N) is 1. The van der Waals surface area contributed by atoms with E-state index in [2.05, 4.69) is 12.2 Å². The molecule has 1 heterocycles. The summed E-state index contributed by atoms with van der Waals surface area (Å²) in [6.07, 6.45) is 4.83. The average Bonchev–Trinajstić information content (AvgIpc) is 2.61. The molecule has 1 aliphatic heterocycles. The van der Waals surface area contributed by atoms with Crippen molar-refractivity contribution >= 4 is 15.9 Å². The van der Waals surface area contributed by atoms with E-state index >= 15 is 0 Å². The highest BCUT2D eigenvalue weighted by molar-refractivity contribution is 7.89. The minimum absolute atomic E-state index is 0.0771. The first kappa shape index (κ1) is 19.7. The van der Waals surface area contributed by atoms with E-state index in [-0.39, 0.29) is 23.5 Å². The molecule has 0 unspecified atom stereocenters. The van der Waals surface area contributed by atoms with E-state index in [0.717, 1.165) is 32.1 Å². The lowest BCUT2D eigenvalue weighted by atomic mass is 10.2. The van der Waals surface area contributed by atoms with Crippen LogP contribution in [0.15, 0.2) is 29.2 Å². The van der Waals surface area contributed by atoms with Crippen LogP contribution < -0.4 is 10.1 Å². The summed E-state index contributed by atoms with van der Waals surface area (Å²) >= 11 is 0. The van der Waals surface area contributed by atoms with Gasteiger partial charge in [-0.1, -0.05) is 19.8 Å². The lowest BCUT2D eigenvalue weighted by Crippen LogP contribution is -2.36. The van der Waals surface area contributed by atoms with Gasteiger partial charge in [-0.2, -0.15) is 4.31 Å². The van der Waals surface area contributed by atoms with Crippen LogP contribution >= 0.6 is 0 Å². The number of hydrogen-bond acceptors (Lipinski definition) is 4. The Morgan fingerprint density at radius 2 is 1.84 bits per heavy atom. The van der Waals surface area contributed by atoms with Crippen LogP contribution in [0.3, 0.4) is 0 Å². The van der Waals surface area contributed by atoms with Crippen molar-refractivity contribution in [3.05, 3.63) is 24.3 Å². The first-order valence-corrected chi connectivity index (χ1v) is 10.4. The molecule has 1 saturated heterocycles. The van der Waals surface area contributed by atoms with Crippen LogP contribution in [0.25, 0.3) is 0 Å². The molecular weight excluding hydrogens is 340 g/mol. The molecule has 1 aromatic rings. The lowest BCUT2D eigenvalue weighted by molar-refractivity contribution is -0.123. The zero-order valence-electron chi connectivity index (χ0n) is 15.0. The van der Waals surface area contributed by atoms with E-state index in [1.54, 1.807) is 12.1 Å². The maximum absolute atomic E-state index is 12.6. The Bertz CT molecular complexity index is 652. The topological polar surface area (TPSA) is 75.7 Å². The molecule has 0 radical (unpaired) electrons. The first-order chi connectivity index (χ1) is 11.9. The predicted molar refractivity (Wildman–Crippen MR) is 97.1 cm³/mol. The Hall–Kier alpha value is -1.60. The zero-order chi connectivity index (χ0) is 18.3. The smallest absolute Gasteiger partial charge is 0.258 e. The van der Waals surface area contributed by atoms with Gasteiger partial charge in [0.25, 0.3) is 5.91 Å². The Morgan fingerprint density at radius 3 is 2.44 bits per heavy atom. The van der Waals surface area contributed by atoms with E-state index < -0.39 is 10.0 Å². The molecule has 25 heavy (non-hydrogen) atoms. The van der Waals surface area contributed by atoms with Crippen molar-refractivity contribution in [1.29, 1.82) is 0 Å². The quantitative estimate of drug-likeness (QED) is 0.765. The highest BCUT2D eigenvalue weighted by atomic mass is 32.2. The van der Waals surface area contributed by atoms with E-state index in [9.17, 15) is 13.2 Å². The predicted octanol–water partition coefficient (Wildman–Crippen LogP) is 2.54. The standard InChI is InChI=1S/C18H28N2O4S/c1-3-7-15(2)19-18(21)14-24-16-8-10-17(11-9-16)25(22,23)20-12-5-4-6-13-20/h8-11,15H,3-7,12-14H2,1-2H3,(H,19,21)/t15-/m1/s1. The van der Waals surface area contributed by atoms with Crippen LogP contribution in [0.1, 0.15) is 46.0 Å². The number of piperidine rings is 1. The van der Waals surface area contributed by atoms with E-state index in [0.29, 0.717) is 18.8 Å². The number of amides is 1. The highest BCUT2D eigenvalue weighted by Crippen LogP contribution is 2.22. The van der Waals surface area contributed by atoms with Crippen LogP contribution in [-0.4, -0.2) is 44.4 Å². The Labute approximate surface area is 150 Å². The fourth-order valence-corrected chi connectivity index (χ4v) is 4.45. The molecule has 0 aromatic heterocycles. The van der Waals surface area contributed by atoms with Crippen molar-refractivity contribution in [2.75, 3.05) is 19.7 Å². The van der Waals surface area contributed by atoms with Crippen LogP contribution in [-0.2, 0) is 14.8 Å². The lowest BCUT2D eigenvalue weighted by Gasteiger charge is -2.25. The van der Waals surface area contributed by atoms with Gasteiger partial charge in [0.1, 0.15) is 5.75 Å². The minimum atomic E-state index is -3.43. The maximum atomic E-state index is 12.6. The molecule has 1 aliphatic rings. The summed E-state index contributed by atoms with van der Waals surface area (Å²) in [5, 5.41) is 2.86. The second kappa shape index (κ2) is 9.20. The van der Waals surface area contributed by atoms with Crippen molar-refractivity contribution < 1.29 is 17.9 Å². The van der Waals surface area contributed by atoms with Gasteiger partial charge in [0, 0.05) is 19.1 Å². The molecule has 1 fully saturated rings.